The van der Waals surface area contributed by atoms with Gasteiger partial charge in [0.2, 0.25) is 5.91 Å². The monoisotopic (exact) mass is 328 g/mol. The fourth-order valence-corrected chi connectivity index (χ4v) is 2.27. The predicted molar refractivity (Wildman–Crippen MR) is 88.7 cm³/mol. The summed E-state index contributed by atoms with van der Waals surface area (Å²) >= 11 is 6.04. The fourth-order valence-electron chi connectivity index (χ4n) is 2.08. The second kappa shape index (κ2) is 8.33. The topological polar surface area (TPSA) is 53.3 Å². The molecule has 0 unspecified atom stereocenters. The predicted octanol–water partition coefficient (Wildman–Crippen LogP) is 3.39. The number of benzene rings is 2. The van der Waals surface area contributed by atoms with E-state index < -0.39 is 0 Å². The molecule has 118 valence electrons. The highest BCUT2D eigenvalue weighted by Gasteiger charge is 2.10. The number of amides is 1. The summed E-state index contributed by atoms with van der Waals surface area (Å²) in [4.78, 5) is 13.7. The van der Waals surface area contributed by atoms with Crippen LogP contribution in [-0.4, -0.2) is 24.5 Å². The second-order valence-electron chi connectivity index (χ2n) is 5.15. The molecule has 0 atom stereocenters. The first kappa shape index (κ1) is 17.0. The quantitative estimate of drug-likeness (QED) is 0.816. The van der Waals surface area contributed by atoms with Gasteiger partial charge in [0, 0.05) is 18.6 Å². The molecule has 0 spiro atoms. The van der Waals surface area contributed by atoms with Gasteiger partial charge in [0.1, 0.15) is 6.61 Å². The van der Waals surface area contributed by atoms with Crippen molar-refractivity contribution in [2.75, 3.05) is 13.7 Å². The smallest absolute Gasteiger partial charge is 0.248 e. The van der Waals surface area contributed by atoms with E-state index in [0.29, 0.717) is 23.7 Å². The summed E-state index contributed by atoms with van der Waals surface area (Å²) in [6.45, 7) is 0.715. The maximum Gasteiger partial charge on any atom is 0.248 e. The molecule has 2 rings (SSSR count). The summed E-state index contributed by atoms with van der Waals surface area (Å²) in [7, 11) is 1.71. The molecular weight excluding hydrogens is 312 g/mol. The van der Waals surface area contributed by atoms with E-state index in [4.69, 9.17) is 21.6 Å². The Hall–Kier alpha value is -2.35. The number of likely N-dealkylation sites (N-methyl/N-ethyl adjacent to an activating group) is 1. The molecule has 0 bridgehead atoms. The first-order chi connectivity index (χ1) is 11.1. The minimum atomic E-state index is -0.126. The van der Waals surface area contributed by atoms with Crippen LogP contribution in [0.15, 0.2) is 48.5 Å². The molecule has 0 aromatic heterocycles. The van der Waals surface area contributed by atoms with Crippen molar-refractivity contribution in [3.05, 3.63) is 70.2 Å². The van der Waals surface area contributed by atoms with Crippen molar-refractivity contribution in [2.45, 2.75) is 13.2 Å². The summed E-state index contributed by atoms with van der Waals surface area (Å²) in [5.74, 6) is -0.126. The van der Waals surface area contributed by atoms with Gasteiger partial charge in [0.25, 0.3) is 0 Å². The van der Waals surface area contributed by atoms with Gasteiger partial charge in [-0.1, -0.05) is 41.9 Å². The van der Waals surface area contributed by atoms with Crippen LogP contribution in [0.3, 0.4) is 0 Å². The van der Waals surface area contributed by atoms with Crippen LogP contribution in [0.25, 0.3) is 0 Å². The van der Waals surface area contributed by atoms with Gasteiger partial charge >= 0.3 is 0 Å². The average molecular weight is 329 g/mol. The molecule has 0 saturated carbocycles. The Labute approximate surface area is 140 Å². The van der Waals surface area contributed by atoms with Gasteiger partial charge < -0.3 is 9.64 Å². The largest absolute Gasteiger partial charge is 0.367 e. The van der Waals surface area contributed by atoms with Crippen LogP contribution in [-0.2, 0) is 22.7 Å². The Kier molecular flexibility index (Phi) is 6.16. The highest BCUT2D eigenvalue weighted by molar-refractivity contribution is 6.31. The Bertz CT molecular complexity index is 725. The minimum Gasteiger partial charge on any atom is -0.367 e. The van der Waals surface area contributed by atoms with Crippen LogP contribution >= 0.6 is 11.6 Å². The van der Waals surface area contributed by atoms with E-state index in [2.05, 4.69) is 6.07 Å². The lowest BCUT2D eigenvalue weighted by Crippen LogP contribution is -2.29. The van der Waals surface area contributed by atoms with Crippen molar-refractivity contribution in [3.63, 3.8) is 0 Å². The lowest BCUT2D eigenvalue weighted by Gasteiger charge is -2.17. The minimum absolute atomic E-state index is 0.0142. The summed E-state index contributed by atoms with van der Waals surface area (Å²) in [6.07, 6.45) is 0. The third-order valence-corrected chi connectivity index (χ3v) is 3.71. The Morgan fingerprint density at radius 2 is 2.04 bits per heavy atom. The summed E-state index contributed by atoms with van der Waals surface area (Å²) in [6, 6.07) is 16.7. The van der Waals surface area contributed by atoms with Gasteiger partial charge in [-0.25, -0.2) is 0 Å². The van der Waals surface area contributed by atoms with Crippen LogP contribution < -0.4 is 0 Å². The number of nitriles is 1. The highest BCUT2D eigenvalue weighted by Crippen LogP contribution is 2.15. The molecule has 23 heavy (non-hydrogen) atoms. The Balaban J connectivity index is 1.83. The van der Waals surface area contributed by atoms with Gasteiger partial charge in [0.15, 0.2) is 0 Å². The van der Waals surface area contributed by atoms with Crippen molar-refractivity contribution in [3.8, 4) is 6.07 Å². The molecule has 5 heteroatoms. The highest BCUT2D eigenvalue weighted by atomic mass is 35.5. The van der Waals surface area contributed by atoms with Crippen LogP contribution in [0.5, 0.6) is 0 Å². The molecule has 0 heterocycles. The maximum absolute atomic E-state index is 12.1. The normalized spacial score (nSPS) is 10.1. The molecule has 0 saturated heterocycles. The van der Waals surface area contributed by atoms with Crippen molar-refractivity contribution in [1.29, 1.82) is 5.26 Å². The van der Waals surface area contributed by atoms with E-state index in [9.17, 15) is 4.79 Å². The molecule has 0 N–H and O–H groups in total. The summed E-state index contributed by atoms with van der Waals surface area (Å²) < 4.78 is 5.44. The first-order valence-corrected chi connectivity index (χ1v) is 7.52. The maximum atomic E-state index is 12.1. The number of hydrogen-bond acceptors (Lipinski definition) is 3. The Morgan fingerprint density at radius 1 is 1.26 bits per heavy atom. The number of carbonyl (C=O) groups excluding carboxylic acids is 1. The molecule has 2 aromatic carbocycles. The van der Waals surface area contributed by atoms with Crippen molar-refractivity contribution >= 4 is 17.5 Å². The van der Waals surface area contributed by atoms with Crippen molar-refractivity contribution in [1.82, 2.24) is 4.90 Å². The van der Waals surface area contributed by atoms with Gasteiger partial charge in [0.05, 0.1) is 18.2 Å². The number of carbonyl (C=O) groups is 1. The molecular formula is C18H17ClN2O2. The van der Waals surface area contributed by atoms with Crippen molar-refractivity contribution < 1.29 is 9.53 Å². The van der Waals surface area contributed by atoms with E-state index >= 15 is 0 Å². The third-order valence-electron chi connectivity index (χ3n) is 3.34. The SMILES string of the molecule is CN(Cc1cccc(C#N)c1)C(=O)COCc1ccccc1Cl. The number of hydrogen-bond donors (Lipinski definition) is 0. The van der Waals surface area contributed by atoms with Crippen LogP contribution in [0.4, 0.5) is 0 Å². The molecule has 2 aromatic rings. The van der Waals surface area contributed by atoms with E-state index in [1.54, 1.807) is 36.2 Å². The lowest BCUT2D eigenvalue weighted by molar-refractivity contribution is -0.135. The van der Waals surface area contributed by atoms with E-state index in [-0.39, 0.29) is 12.5 Å². The summed E-state index contributed by atoms with van der Waals surface area (Å²) in [5.41, 5.74) is 2.34. The first-order valence-electron chi connectivity index (χ1n) is 7.14. The summed E-state index contributed by atoms with van der Waals surface area (Å²) in [5, 5.41) is 9.52. The lowest BCUT2D eigenvalue weighted by atomic mass is 10.1. The van der Waals surface area contributed by atoms with E-state index in [0.717, 1.165) is 11.1 Å². The van der Waals surface area contributed by atoms with Gasteiger partial charge in [-0.2, -0.15) is 5.26 Å². The van der Waals surface area contributed by atoms with Crippen LogP contribution in [0.2, 0.25) is 5.02 Å². The third kappa shape index (κ3) is 5.10. The molecule has 1 amide bonds. The zero-order valence-corrected chi connectivity index (χ0v) is 13.6. The number of halogens is 1. The molecule has 0 fully saturated rings. The van der Waals surface area contributed by atoms with Gasteiger partial charge in [-0.3, -0.25) is 4.79 Å². The number of nitrogens with zero attached hydrogens (tertiary/aromatic N) is 2. The molecule has 0 radical (unpaired) electrons. The molecule has 4 nitrogen and oxygen atoms in total. The Morgan fingerprint density at radius 3 is 2.78 bits per heavy atom. The molecule has 0 aliphatic carbocycles. The zero-order chi connectivity index (χ0) is 16.7. The van der Waals surface area contributed by atoms with Crippen LogP contribution in [0.1, 0.15) is 16.7 Å². The second-order valence-corrected chi connectivity index (χ2v) is 5.55. The van der Waals surface area contributed by atoms with E-state index in [1.165, 1.54) is 0 Å². The average Bonchev–Trinajstić information content (AvgIpc) is 2.56. The van der Waals surface area contributed by atoms with Crippen LogP contribution in [0, 0.1) is 11.3 Å². The fraction of sp³-hybridized carbons (Fsp3) is 0.222. The molecule has 0 aliphatic heterocycles. The van der Waals surface area contributed by atoms with Gasteiger partial charge in [-0.05, 0) is 29.3 Å². The van der Waals surface area contributed by atoms with Gasteiger partial charge in [-0.15, -0.1) is 0 Å². The van der Waals surface area contributed by atoms with E-state index in [1.807, 2.05) is 24.3 Å². The van der Waals surface area contributed by atoms with Crippen molar-refractivity contribution in [2.24, 2.45) is 0 Å². The number of ether oxygens (including phenoxy) is 1. The number of rotatable bonds is 6. The standard InChI is InChI=1S/C18H17ClN2O2/c1-21(11-15-6-4-5-14(9-15)10-20)18(22)13-23-12-16-7-2-3-8-17(16)19/h2-9H,11-13H2,1H3. The zero-order valence-electron chi connectivity index (χ0n) is 12.8. The molecule has 0 aliphatic rings.